The molecule has 0 spiro atoms. The van der Waals surface area contributed by atoms with E-state index in [9.17, 15) is 9.18 Å². The minimum absolute atomic E-state index is 0.204. The van der Waals surface area contributed by atoms with Crippen molar-refractivity contribution in [3.8, 4) is 0 Å². The molecule has 1 aromatic heterocycles. The zero-order chi connectivity index (χ0) is 16.1. The molecule has 116 valence electrons. The van der Waals surface area contributed by atoms with Crippen molar-refractivity contribution in [2.24, 2.45) is 0 Å². The van der Waals surface area contributed by atoms with E-state index >= 15 is 0 Å². The van der Waals surface area contributed by atoms with Gasteiger partial charge in [-0.15, -0.1) is 0 Å². The molecule has 0 saturated carbocycles. The highest BCUT2D eigenvalue weighted by molar-refractivity contribution is 5.89. The molecular weight excluding hydrogens is 285 g/mol. The first kappa shape index (κ1) is 15.7. The van der Waals surface area contributed by atoms with Crippen molar-refractivity contribution in [3.63, 3.8) is 0 Å². The van der Waals surface area contributed by atoms with E-state index in [1.165, 1.54) is 24.3 Å². The van der Waals surface area contributed by atoms with Crippen molar-refractivity contribution in [2.75, 3.05) is 24.3 Å². The first-order valence-corrected chi connectivity index (χ1v) is 6.76. The summed E-state index contributed by atoms with van der Waals surface area (Å²) in [5.41, 5.74) is 1.34. The number of aromatic nitrogens is 2. The summed E-state index contributed by atoms with van der Waals surface area (Å²) in [6, 6.07) is 7.00. The quantitative estimate of drug-likeness (QED) is 0.909. The lowest BCUT2D eigenvalue weighted by atomic mass is 10.3. The van der Waals surface area contributed by atoms with Gasteiger partial charge in [0.05, 0.1) is 6.54 Å². The lowest BCUT2D eigenvalue weighted by molar-refractivity contribution is 0.251. The van der Waals surface area contributed by atoms with Gasteiger partial charge in [-0.05, 0) is 31.2 Å². The van der Waals surface area contributed by atoms with Crippen LogP contribution in [0.2, 0.25) is 0 Å². The van der Waals surface area contributed by atoms with Crippen LogP contribution >= 0.6 is 0 Å². The number of carbonyl (C=O) groups excluding carboxylic acids is 1. The number of anilines is 2. The van der Waals surface area contributed by atoms with E-state index in [-0.39, 0.29) is 12.4 Å². The monoisotopic (exact) mass is 303 g/mol. The second-order valence-electron chi connectivity index (χ2n) is 4.99. The van der Waals surface area contributed by atoms with Gasteiger partial charge >= 0.3 is 6.03 Å². The number of amides is 2. The van der Waals surface area contributed by atoms with Crippen molar-refractivity contribution >= 4 is 17.5 Å². The van der Waals surface area contributed by atoms with Gasteiger partial charge in [-0.2, -0.15) is 0 Å². The zero-order valence-corrected chi connectivity index (χ0v) is 12.7. The molecule has 0 radical (unpaired) electrons. The standard InChI is InChI=1S/C15H18FN5O/c1-10-8-14(21(2)3)20-13(18-10)9-17-15(22)19-12-6-4-11(16)5-7-12/h4-8H,9H2,1-3H3,(H2,17,19,22). The summed E-state index contributed by atoms with van der Waals surface area (Å²) in [5, 5.41) is 5.28. The molecule has 0 aliphatic rings. The molecule has 2 amide bonds. The van der Waals surface area contributed by atoms with Gasteiger partial charge in [0.15, 0.2) is 0 Å². The maximum Gasteiger partial charge on any atom is 0.319 e. The van der Waals surface area contributed by atoms with E-state index in [4.69, 9.17) is 0 Å². The third-order valence-electron chi connectivity index (χ3n) is 2.85. The normalized spacial score (nSPS) is 10.2. The Morgan fingerprint density at radius 1 is 1.23 bits per heavy atom. The maximum absolute atomic E-state index is 12.8. The van der Waals surface area contributed by atoms with E-state index < -0.39 is 6.03 Å². The number of nitrogens with zero attached hydrogens (tertiary/aromatic N) is 3. The fourth-order valence-electron chi connectivity index (χ4n) is 1.79. The molecule has 22 heavy (non-hydrogen) atoms. The molecule has 0 aliphatic carbocycles. The molecule has 0 bridgehead atoms. The molecule has 2 aromatic rings. The van der Waals surface area contributed by atoms with Crippen molar-refractivity contribution in [2.45, 2.75) is 13.5 Å². The number of halogens is 1. The molecule has 0 unspecified atom stereocenters. The molecule has 1 heterocycles. The summed E-state index contributed by atoms with van der Waals surface area (Å²) in [5.74, 6) is 0.955. The zero-order valence-electron chi connectivity index (χ0n) is 12.7. The van der Waals surface area contributed by atoms with Gasteiger partial charge in [-0.3, -0.25) is 0 Å². The fourth-order valence-corrected chi connectivity index (χ4v) is 1.79. The minimum atomic E-state index is -0.400. The number of aryl methyl sites for hydroxylation is 1. The number of nitrogens with one attached hydrogen (secondary N) is 2. The second-order valence-corrected chi connectivity index (χ2v) is 4.99. The van der Waals surface area contributed by atoms with Crippen LogP contribution in [0.4, 0.5) is 20.7 Å². The number of carbonyl (C=O) groups is 1. The van der Waals surface area contributed by atoms with Gasteiger partial charge in [0, 0.05) is 31.5 Å². The van der Waals surface area contributed by atoms with Crippen molar-refractivity contribution in [1.82, 2.24) is 15.3 Å². The molecule has 0 atom stereocenters. The third-order valence-corrected chi connectivity index (χ3v) is 2.85. The van der Waals surface area contributed by atoms with Gasteiger partial charge in [0.1, 0.15) is 17.5 Å². The van der Waals surface area contributed by atoms with Crippen LogP contribution in [0.1, 0.15) is 11.5 Å². The lowest BCUT2D eigenvalue weighted by Crippen LogP contribution is -2.29. The summed E-state index contributed by atoms with van der Waals surface area (Å²) < 4.78 is 12.8. The van der Waals surface area contributed by atoms with Crippen LogP contribution in [0.3, 0.4) is 0 Å². The smallest absolute Gasteiger partial charge is 0.319 e. The summed E-state index contributed by atoms with van der Waals surface area (Å²) >= 11 is 0. The predicted octanol–water partition coefficient (Wildman–Crippen LogP) is 2.31. The first-order valence-electron chi connectivity index (χ1n) is 6.76. The van der Waals surface area contributed by atoms with E-state index in [0.29, 0.717) is 11.5 Å². The maximum atomic E-state index is 12.8. The van der Waals surface area contributed by atoms with Gasteiger partial charge in [0.25, 0.3) is 0 Å². The summed E-state index contributed by atoms with van der Waals surface area (Å²) in [7, 11) is 3.78. The minimum Gasteiger partial charge on any atom is -0.363 e. The van der Waals surface area contributed by atoms with E-state index in [1.807, 2.05) is 32.0 Å². The summed E-state index contributed by atoms with van der Waals surface area (Å²) in [6.07, 6.45) is 0. The van der Waals surface area contributed by atoms with E-state index in [2.05, 4.69) is 20.6 Å². The Labute approximate surface area is 128 Å². The first-order chi connectivity index (χ1) is 10.4. The molecule has 2 rings (SSSR count). The molecule has 7 heteroatoms. The fraction of sp³-hybridized carbons (Fsp3) is 0.267. The highest BCUT2D eigenvalue weighted by Gasteiger charge is 2.06. The SMILES string of the molecule is Cc1cc(N(C)C)nc(CNC(=O)Nc2ccc(F)cc2)n1. The second kappa shape index (κ2) is 6.84. The molecule has 0 saturated heterocycles. The van der Waals surface area contributed by atoms with Crippen LogP contribution in [0.15, 0.2) is 30.3 Å². The Hall–Kier alpha value is -2.70. The van der Waals surface area contributed by atoms with Crippen LogP contribution in [0.25, 0.3) is 0 Å². The Morgan fingerprint density at radius 3 is 2.55 bits per heavy atom. The van der Waals surface area contributed by atoms with Gasteiger partial charge in [-0.1, -0.05) is 0 Å². The topological polar surface area (TPSA) is 70.2 Å². The van der Waals surface area contributed by atoms with E-state index in [1.54, 1.807) is 0 Å². The summed E-state index contributed by atoms with van der Waals surface area (Å²) in [6.45, 7) is 2.08. The molecule has 2 N–H and O–H groups in total. The number of benzene rings is 1. The Bertz CT molecular complexity index is 657. The highest BCUT2D eigenvalue weighted by atomic mass is 19.1. The van der Waals surface area contributed by atoms with Gasteiger partial charge < -0.3 is 15.5 Å². The largest absolute Gasteiger partial charge is 0.363 e. The van der Waals surface area contributed by atoms with Crippen LogP contribution in [-0.2, 0) is 6.54 Å². The van der Waals surface area contributed by atoms with Crippen LogP contribution in [-0.4, -0.2) is 30.1 Å². The van der Waals surface area contributed by atoms with Crippen LogP contribution in [0.5, 0.6) is 0 Å². The molecule has 6 nitrogen and oxygen atoms in total. The molecule has 1 aromatic carbocycles. The van der Waals surface area contributed by atoms with Crippen molar-refractivity contribution < 1.29 is 9.18 Å². The summed E-state index contributed by atoms with van der Waals surface area (Å²) in [4.78, 5) is 22.3. The highest BCUT2D eigenvalue weighted by Crippen LogP contribution is 2.10. The molecular formula is C15H18FN5O. The average Bonchev–Trinajstić information content (AvgIpc) is 2.47. The number of hydrogen-bond donors (Lipinski definition) is 2. The third kappa shape index (κ3) is 4.41. The molecule has 0 fully saturated rings. The van der Waals surface area contributed by atoms with Gasteiger partial charge in [-0.25, -0.2) is 19.2 Å². The van der Waals surface area contributed by atoms with Crippen LogP contribution in [0, 0.1) is 12.7 Å². The Balaban J connectivity index is 1.94. The predicted molar refractivity (Wildman–Crippen MR) is 83.4 cm³/mol. The molecule has 0 aliphatic heterocycles. The number of rotatable bonds is 4. The van der Waals surface area contributed by atoms with Crippen LogP contribution < -0.4 is 15.5 Å². The average molecular weight is 303 g/mol. The lowest BCUT2D eigenvalue weighted by Gasteiger charge is -2.13. The van der Waals surface area contributed by atoms with E-state index in [0.717, 1.165) is 11.5 Å². The van der Waals surface area contributed by atoms with Crippen molar-refractivity contribution in [1.29, 1.82) is 0 Å². The van der Waals surface area contributed by atoms with Gasteiger partial charge in [0.2, 0.25) is 0 Å². The number of hydrogen-bond acceptors (Lipinski definition) is 4. The van der Waals surface area contributed by atoms with Crippen molar-refractivity contribution in [3.05, 3.63) is 47.7 Å². The Kier molecular flexibility index (Phi) is 4.88. The number of urea groups is 1. The Morgan fingerprint density at radius 2 is 1.91 bits per heavy atom.